The van der Waals surface area contributed by atoms with Gasteiger partial charge in [-0.2, -0.15) is 0 Å². The summed E-state index contributed by atoms with van der Waals surface area (Å²) in [5.41, 5.74) is -2.89. The lowest BCUT2D eigenvalue weighted by Crippen LogP contribution is -2.32. The molecule has 0 spiro atoms. The fraction of sp³-hybridized carbons (Fsp3) is 0.412. The molecule has 0 bridgehead atoms. The Bertz CT molecular complexity index is 788. The molecule has 1 aromatic rings. The molecule has 6 nitrogen and oxygen atoms in total. The molecule has 148 valence electrons. The zero-order chi connectivity index (χ0) is 20.2. The SMILES string of the molecule is CCOC(=O)C(C=NC1(CO)CCOC1)=C(O)c1cc(F)c(F)c(F)c1F. The number of aliphatic hydroxyl groups excluding tert-OH is 2. The van der Waals surface area contributed by atoms with E-state index in [1.54, 1.807) is 0 Å². The lowest BCUT2D eigenvalue weighted by molar-refractivity contribution is -0.137. The first-order chi connectivity index (χ1) is 12.8. The molecule has 1 aliphatic heterocycles. The van der Waals surface area contributed by atoms with Crippen LogP contribution in [0.25, 0.3) is 5.76 Å². The van der Waals surface area contributed by atoms with Crippen LogP contribution in [0.2, 0.25) is 0 Å². The van der Waals surface area contributed by atoms with Crippen LogP contribution in [0.1, 0.15) is 18.9 Å². The number of rotatable bonds is 6. The van der Waals surface area contributed by atoms with Crippen LogP contribution in [-0.2, 0) is 14.3 Å². The highest BCUT2D eigenvalue weighted by Crippen LogP contribution is 2.27. The summed E-state index contributed by atoms with van der Waals surface area (Å²) in [4.78, 5) is 16.1. The minimum absolute atomic E-state index is 0.0328. The molecular formula is C17H17F4NO5. The van der Waals surface area contributed by atoms with E-state index in [0.29, 0.717) is 13.0 Å². The van der Waals surface area contributed by atoms with Crippen molar-refractivity contribution < 1.29 is 42.0 Å². The number of hydrogen-bond acceptors (Lipinski definition) is 6. The lowest BCUT2D eigenvalue weighted by Gasteiger charge is -2.19. The average Bonchev–Trinajstić information content (AvgIpc) is 3.12. The first-order valence-electron chi connectivity index (χ1n) is 7.94. The third kappa shape index (κ3) is 4.28. The molecule has 1 aromatic carbocycles. The van der Waals surface area contributed by atoms with Gasteiger partial charge in [-0.1, -0.05) is 0 Å². The van der Waals surface area contributed by atoms with Crippen LogP contribution in [0.4, 0.5) is 17.6 Å². The zero-order valence-corrected chi connectivity index (χ0v) is 14.3. The fourth-order valence-electron chi connectivity index (χ4n) is 2.37. The number of benzene rings is 1. The first kappa shape index (κ1) is 20.8. The van der Waals surface area contributed by atoms with E-state index < -0.39 is 58.3 Å². The van der Waals surface area contributed by atoms with Gasteiger partial charge in [0.05, 0.1) is 25.4 Å². The second-order valence-corrected chi connectivity index (χ2v) is 5.77. The van der Waals surface area contributed by atoms with Gasteiger partial charge >= 0.3 is 5.97 Å². The van der Waals surface area contributed by atoms with Crippen LogP contribution in [0.15, 0.2) is 16.6 Å². The Hall–Kier alpha value is -2.46. The van der Waals surface area contributed by atoms with E-state index in [1.807, 2.05) is 0 Å². The van der Waals surface area contributed by atoms with E-state index in [9.17, 15) is 32.6 Å². The summed E-state index contributed by atoms with van der Waals surface area (Å²) in [5.74, 6) is -10.2. The topological polar surface area (TPSA) is 88.4 Å². The van der Waals surface area contributed by atoms with E-state index in [2.05, 4.69) is 4.99 Å². The molecule has 1 saturated heterocycles. The summed E-state index contributed by atoms with van der Waals surface area (Å²) >= 11 is 0. The number of hydrogen-bond donors (Lipinski definition) is 2. The van der Waals surface area contributed by atoms with Gasteiger partial charge in [-0.15, -0.1) is 0 Å². The smallest absolute Gasteiger partial charge is 0.343 e. The Morgan fingerprint density at radius 1 is 1.33 bits per heavy atom. The third-order valence-corrected chi connectivity index (χ3v) is 3.95. The van der Waals surface area contributed by atoms with Crippen molar-refractivity contribution in [3.05, 3.63) is 40.5 Å². The molecule has 1 heterocycles. The highest BCUT2D eigenvalue weighted by Gasteiger charge is 2.34. The number of carbonyl (C=O) groups is 1. The van der Waals surface area contributed by atoms with E-state index in [-0.39, 0.29) is 19.3 Å². The van der Waals surface area contributed by atoms with Crippen LogP contribution in [0.3, 0.4) is 0 Å². The van der Waals surface area contributed by atoms with Crippen molar-refractivity contribution in [2.45, 2.75) is 18.9 Å². The van der Waals surface area contributed by atoms with E-state index in [0.717, 1.165) is 6.21 Å². The quantitative estimate of drug-likeness (QED) is 0.148. The normalized spacial score (nSPS) is 20.8. The minimum Gasteiger partial charge on any atom is -0.506 e. The molecule has 2 rings (SSSR count). The fourth-order valence-corrected chi connectivity index (χ4v) is 2.37. The summed E-state index contributed by atoms with van der Waals surface area (Å²) in [6.45, 7) is 1.23. The molecule has 0 saturated carbocycles. The summed E-state index contributed by atoms with van der Waals surface area (Å²) in [5, 5.41) is 19.7. The van der Waals surface area contributed by atoms with Gasteiger partial charge in [0.25, 0.3) is 0 Å². The molecule has 1 fully saturated rings. The van der Waals surface area contributed by atoms with Crippen molar-refractivity contribution in [2.24, 2.45) is 4.99 Å². The molecular weight excluding hydrogens is 374 g/mol. The van der Waals surface area contributed by atoms with Gasteiger partial charge in [0.15, 0.2) is 23.3 Å². The van der Waals surface area contributed by atoms with Gasteiger partial charge in [0.1, 0.15) is 16.9 Å². The molecule has 0 aromatic heterocycles. The number of nitrogens with zero attached hydrogens (tertiary/aromatic N) is 1. The van der Waals surface area contributed by atoms with Crippen LogP contribution < -0.4 is 0 Å². The van der Waals surface area contributed by atoms with Gasteiger partial charge in [0, 0.05) is 19.2 Å². The Balaban J connectivity index is 2.57. The molecule has 1 aliphatic rings. The van der Waals surface area contributed by atoms with Crippen LogP contribution >= 0.6 is 0 Å². The highest BCUT2D eigenvalue weighted by atomic mass is 19.2. The van der Waals surface area contributed by atoms with Gasteiger partial charge < -0.3 is 19.7 Å². The van der Waals surface area contributed by atoms with Crippen molar-refractivity contribution in [2.75, 3.05) is 26.4 Å². The van der Waals surface area contributed by atoms with Crippen molar-refractivity contribution in [1.82, 2.24) is 0 Å². The standard InChI is InChI=1S/C17H17F4NO5/c1-2-27-16(25)10(6-22-17(7-23)3-4-26-8-17)15(24)9-5-11(18)13(20)14(21)12(9)19/h5-6,23-24H,2-4,7-8H2,1H3. The Kier molecular flexibility index (Phi) is 6.55. The second kappa shape index (κ2) is 8.49. The van der Waals surface area contributed by atoms with Gasteiger partial charge in [-0.3, -0.25) is 4.99 Å². The molecule has 10 heteroatoms. The maximum atomic E-state index is 14.0. The molecule has 1 unspecified atom stereocenters. The summed E-state index contributed by atoms with van der Waals surface area (Å²) in [7, 11) is 0. The molecule has 0 radical (unpaired) electrons. The highest BCUT2D eigenvalue weighted by molar-refractivity contribution is 6.15. The van der Waals surface area contributed by atoms with E-state index in [1.165, 1.54) is 6.92 Å². The monoisotopic (exact) mass is 391 g/mol. The Morgan fingerprint density at radius 3 is 2.59 bits per heavy atom. The predicted octanol–water partition coefficient (Wildman–Crippen LogP) is 2.30. The maximum Gasteiger partial charge on any atom is 0.343 e. The molecule has 27 heavy (non-hydrogen) atoms. The third-order valence-electron chi connectivity index (χ3n) is 3.95. The Labute approximate surface area is 151 Å². The molecule has 1 atom stereocenters. The van der Waals surface area contributed by atoms with Crippen molar-refractivity contribution in [1.29, 1.82) is 0 Å². The number of ether oxygens (including phenoxy) is 2. The van der Waals surface area contributed by atoms with Gasteiger partial charge in [-0.05, 0) is 13.0 Å². The molecule has 0 amide bonds. The van der Waals surface area contributed by atoms with Crippen molar-refractivity contribution in [3.8, 4) is 0 Å². The maximum absolute atomic E-state index is 14.0. The number of carbonyl (C=O) groups excluding carboxylic acids is 1. The first-order valence-corrected chi connectivity index (χ1v) is 7.94. The van der Waals surface area contributed by atoms with Gasteiger partial charge in [-0.25, -0.2) is 22.4 Å². The number of halogens is 4. The van der Waals surface area contributed by atoms with Crippen LogP contribution in [-0.4, -0.2) is 54.4 Å². The van der Waals surface area contributed by atoms with Crippen LogP contribution in [0.5, 0.6) is 0 Å². The molecule has 0 aliphatic carbocycles. The van der Waals surface area contributed by atoms with E-state index in [4.69, 9.17) is 9.47 Å². The minimum atomic E-state index is -2.15. The van der Waals surface area contributed by atoms with Crippen molar-refractivity contribution in [3.63, 3.8) is 0 Å². The second-order valence-electron chi connectivity index (χ2n) is 5.77. The Morgan fingerprint density at radius 2 is 2.04 bits per heavy atom. The molecule has 2 N–H and O–H groups in total. The number of esters is 1. The lowest BCUT2D eigenvalue weighted by atomic mass is 10.0. The zero-order valence-electron chi connectivity index (χ0n) is 14.3. The largest absolute Gasteiger partial charge is 0.506 e. The van der Waals surface area contributed by atoms with E-state index >= 15 is 0 Å². The van der Waals surface area contributed by atoms with Gasteiger partial charge in [0.2, 0.25) is 0 Å². The summed E-state index contributed by atoms with van der Waals surface area (Å²) in [6.07, 6.45) is 1.11. The predicted molar refractivity (Wildman–Crippen MR) is 86.2 cm³/mol. The summed E-state index contributed by atoms with van der Waals surface area (Å²) in [6, 6.07) is 0.205. The average molecular weight is 391 g/mol. The van der Waals surface area contributed by atoms with Crippen LogP contribution in [0, 0.1) is 23.3 Å². The number of aliphatic hydroxyl groups is 2. The number of aliphatic imine (C=N–C) groups is 1. The summed E-state index contributed by atoms with van der Waals surface area (Å²) < 4.78 is 63.8. The van der Waals surface area contributed by atoms with Crippen molar-refractivity contribution >= 4 is 17.9 Å².